The van der Waals surface area contributed by atoms with Crippen LogP contribution in [-0.2, 0) is 0 Å². The van der Waals surface area contributed by atoms with E-state index in [4.69, 9.17) is 0 Å². The zero-order valence-electron chi connectivity index (χ0n) is 11.1. The van der Waals surface area contributed by atoms with Crippen LogP contribution in [0.3, 0.4) is 0 Å². The van der Waals surface area contributed by atoms with E-state index in [0.29, 0.717) is 6.54 Å². The molecule has 0 spiro atoms. The fourth-order valence-corrected chi connectivity index (χ4v) is 2.68. The molecule has 1 aliphatic rings. The quantitative estimate of drug-likeness (QED) is 0.870. The lowest BCUT2D eigenvalue weighted by Gasteiger charge is -2.32. The minimum atomic E-state index is 0.0972. The van der Waals surface area contributed by atoms with Crippen molar-refractivity contribution in [3.8, 4) is 0 Å². The number of hydrogen-bond donors (Lipinski definition) is 1. The molecule has 1 amide bonds. The number of likely N-dealkylation sites (tertiary alicyclic amines) is 1. The fraction of sp³-hybridized carbons (Fsp3) is 0.533. The number of amides is 1. The molecule has 0 aliphatic carbocycles. The van der Waals surface area contributed by atoms with Gasteiger partial charge in [0.05, 0.1) is 0 Å². The predicted molar refractivity (Wildman–Crippen MR) is 71.6 cm³/mol. The molecule has 3 heteroatoms. The smallest absolute Gasteiger partial charge is 0.253 e. The van der Waals surface area contributed by atoms with E-state index in [1.165, 1.54) is 0 Å². The molecule has 0 radical (unpaired) electrons. The van der Waals surface area contributed by atoms with Gasteiger partial charge in [-0.1, -0.05) is 17.2 Å². The second kappa shape index (κ2) is 5.53. The Bertz CT molecular complexity index is 422. The summed E-state index contributed by atoms with van der Waals surface area (Å²) in [6.07, 6.45) is 2.01. The summed E-state index contributed by atoms with van der Waals surface area (Å²) in [6, 6.07) is 5.96. The van der Waals surface area contributed by atoms with Crippen molar-refractivity contribution in [1.82, 2.24) is 4.90 Å². The molecule has 1 aromatic rings. The second-order valence-corrected chi connectivity index (χ2v) is 5.32. The maximum Gasteiger partial charge on any atom is 0.253 e. The second-order valence-electron chi connectivity index (χ2n) is 5.32. The van der Waals surface area contributed by atoms with Crippen LogP contribution >= 0.6 is 0 Å². The fourth-order valence-electron chi connectivity index (χ4n) is 2.68. The number of aliphatic hydroxyl groups excluding tert-OH is 1. The molecular formula is C15H21NO2. The third-order valence-corrected chi connectivity index (χ3v) is 3.53. The Balaban J connectivity index is 2.15. The van der Waals surface area contributed by atoms with Gasteiger partial charge < -0.3 is 10.0 Å². The van der Waals surface area contributed by atoms with Crippen molar-refractivity contribution in [3.63, 3.8) is 0 Å². The van der Waals surface area contributed by atoms with Crippen LogP contribution in [0.2, 0.25) is 0 Å². The van der Waals surface area contributed by atoms with E-state index in [9.17, 15) is 9.90 Å². The van der Waals surface area contributed by atoms with Gasteiger partial charge in [0.1, 0.15) is 0 Å². The minimum absolute atomic E-state index is 0.0972. The molecular weight excluding hydrogens is 226 g/mol. The van der Waals surface area contributed by atoms with Gasteiger partial charge in [0.25, 0.3) is 5.91 Å². The average molecular weight is 247 g/mol. The van der Waals surface area contributed by atoms with E-state index >= 15 is 0 Å². The molecule has 1 heterocycles. The van der Waals surface area contributed by atoms with Gasteiger partial charge in [0, 0.05) is 25.3 Å². The van der Waals surface area contributed by atoms with Gasteiger partial charge >= 0.3 is 0 Å². The number of piperidine rings is 1. The van der Waals surface area contributed by atoms with Crippen molar-refractivity contribution in [2.24, 2.45) is 5.92 Å². The first-order valence-corrected chi connectivity index (χ1v) is 6.58. The number of benzene rings is 1. The summed E-state index contributed by atoms with van der Waals surface area (Å²) in [4.78, 5) is 14.3. The molecule has 1 saturated heterocycles. The molecule has 0 bridgehead atoms. The first kappa shape index (κ1) is 13.1. The number of carbonyl (C=O) groups excluding carboxylic acids is 1. The van der Waals surface area contributed by atoms with Gasteiger partial charge in [-0.3, -0.25) is 4.79 Å². The largest absolute Gasteiger partial charge is 0.396 e. The summed E-state index contributed by atoms with van der Waals surface area (Å²) in [6.45, 7) is 5.69. The van der Waals surface area contributed by atoms with Crippen molar-refractivity contribution in [2.45, 2.75) is 26.7 Å². The topological polar surface area (TPSA) is 40.5 Å². The van der Waals surface area contributed by atoms with Gasteiger partial charge in [0.2, 0.25) is 0 Å². The van der Waals surface area contributed by atoms with Crippen molar-refractivity contribution in [3.05, 3.63) is 34.9 Å². The highest BCUT2D eigenvalue weighted by molar-refractivity contribution is 5.94. The van der Waals surface area contributed by atoms with Crippen molar-refractivity contribution < 1.29 is 9.90 Å². The van der Waals surface area contributed by atoms with Crippen LogP contribution in [0.15, 0.2) is 18.2 Å². The van der Waals surface area contributed by atoms with Gasteiger partial charge in [-0.15, -0.1) is 0 Å². The highest BCUT2D eigenvalue weighted by Gasteiger charge is 2.24. The third-order valence-electron chi connectivity index (χ3n) is 3.53. The summed E-state index contributed by atoms with van der Waals surface area (Å²) < 4.78 is 0. The maximum absolute atomic E-state index is 12.4. The van der Waals surface area contributed by atoms with E-state index in [2.05, 4.69) is 6.07 Å². The van der Waals surface area contributed by atoms with Crippen LogP contribution in [0.25, 0.3) is 0 Å². The Morgan fingerprint density at radius 1 is 1.33 bits per heavy atom. The number of nitrogens with zero attached hydrogens (tertiary/aromatic N) is 1. The summed E-state index contributed by atoms with van der Waals surface area (Å²) in [5.41, 5.74) is 3.01. The molecule has 1 unspecified atom stereocenters. The lowest BCUT2D eigenvalue weighted by Crippen LogP contribution is -2.41. The molecule has 1 atom stereocenters. The van der Waals surface area contributed by atoms with E-state index in [0.717, 1.165) is 36.1 Å². The summed E-state index contributed by atoms with van der Waals surface area (Å²) in [7, 11) is 0. The van der Waals surface area contributed by atoms with Gasteiger partial charge in [-0.05, 0) is 44.7 Å². The van der Waals surface area contributed by atoms with Crippen LogP contribution in [-0.4, -0.2) is 35.6 Å². The van der Waals surface area contributed by atoms with Crippen LogP contribution in [0.4, 0.5) is 0 Å². The molecule has 98 valence electrons. The van der Waals surface area contributed by atoms with Crippen LogP contribution in [0.5, 0.6) is 0 Å². The average Bonchev–Trinajstić information content (AvgIpc) is 2.37. The number of hydrogen-bond acceptors (Lipinski definition) is 2. The van der Waals surface area contributed by atoms with Crippen molar-refractivity contribution in [1.29, 1.82) is 0 Å². The molecule has 1 aromatic carbocycles. The Morgan fingerprint density at radius 3 is 2.61 bits per heavy atom. The summed E-state index contributed by atoms with van der Waals surface area (Å²) >= 11 is 0. The summed E-state index contributed by atoms with van der Waals surface area (Å²) in [5.74, 6) is 0.341. The minimum Gasteiger partial charge on any atom is -0.396 e. The van der Waals surface area contributed by atoms with E-state index in [1.54, 1.807) is 0 Å². The van der Waals surface area contributed by atoms with Gasteiger partial charge in [-0.2, -0.15) is 0 Å². The van der Waals surface area contributed by atoms with E-state index < -0.39 is 0 Å². The first-order valence-electron chi connectivity index (χ1n) is 6.58. The molecule has 1 aliphatic heterocycles. The lowest BCUT2D eigenvalue weighted by atomic mass is 9.98. The highest BCUT2D eigenvalue weighted by Crippen LogP contribution is 2.19. The maximum atomic E-state index is 12.4. The number of aliphatic hydroxyl groups is 1. The van der Waals surface area contributed by atoms with Gasteiger partial charge in [-0.25, -0.2) is 0 Å². The Kier molecular flexibility index (Phi) is 4.02. The first-order chi connectivity index (χ1) is 8.60. The van der Waals surface area contributed by atoms with Crippen LogP contribution in [0, 0.1) is 19.8 Å². The Hall–Kier alpha value is -1.35. The highest BCUT2D eigenvalue weighted by atomic mass is 16.3. The van der Waals surface area contributed by atoms with Gasteiger partial charge in [0.15, 0.2) is 0 Å². The molecule has 3 nitrogen and oxygen atoms in total. The van der Waals surface area contributed by atoms with E-state index in [-0.39, 0.29) is 18.4 Å². The zero-order chi connectivity index (χ0) is 13.1. The van der Waals surface area contributed by atoms with Crippen molar-refractivity contribution >= 4 is 5.91 Å². The Morgan fingerprint density at radius 2 is 2.00 bits per heavy atom. The number of carbonyl (C=O) groups is 1. The zero-order valence-corrected chi connectivity index (χ0v) is 11.1. The third kappa shape index (κ3) is 2.91. The normalized spacial score (nSPS) is 19.9. The predicted octanol–water partition coefficient (Wildman–Crippen LogP) is 2.15. The molecule has 0 aromatic heterocycles. The molecule has 2 rings (SSSR count). The van der Waals surface area contributed by atoms with Crippen molar-refractivity contribution in [2.75, 3.05) is 19.7 Å². The monoisotopic (exact) mass is 247 g/mol. The molecule has 1 fully saturated rings. The molecule has 18 heavy (non-hydrogen) atoms. The molecule has 1 N–H and O–H groups in total. The SMILES string of the molecule is Cc1cc(C)cc(C(=O)N2CCCC(CO)C2)c1. The standard InChI is InChI=1S/C15H21NO2/c1-11-6-12(2)8-14(7-11)15(18)16-5-3-4-13(9-16)10-17/h6-8,13,17H,3-5,9-10H2,1-2H3. The summed E-state index contributed by atoms with van der Waals surface area (Å²) in [5, 5.41) is 9.21. The Labute approximate surface area is 108 Å². The van der Waals surface area contributed by atoms with Crippen LogP contribution in [0.1, 0.15) is 34.3 Å². The number of rotatable bonds is 2. The number of aryl methyl sites for hydroxylation is 2. The van der Waals surface area contributed by atoms with Crippen LogP contribution < -0.4 is 0 Å². The van der Waals surface area contributed by atoms with E-state index in [1.807, 2.05) is 30.9 Å². The molecule has 0 saturated carbocycles. The lowest BCUT2D eigenvalue weighted by molar-refractivity contribution is 0.0620.